The average molecular weight is 570 g/mol. The Hall–Kier alpha value is 0.354. The van der Waals surface area contributed by atoms with Crippen LogP contribution < -0.4 is 0 Å². The molecule has 0 radical (unpaired) electrons. The number of rotatable bonds is 16. The molecule has 12 heteroatoms. The SMILES string of the molecule is CO/N=C\C(O[Si](C)(C)C)C(O[Si](C)(C)C)C(O[Si](C)(C)C)C(CO[Si](C)(C)C)O[Si](C)(C)C. The van der Waals surface area contributed by atoms with Crippen LogP contribution >= 0.6 is 0 Å². The van der Waals surface area contributed by atoms with Crippen LogP contribution in [0.3, 0.4) is 0 Å². The van der Waals surface area contributed by atoms with Crippen LogP contribution in [0.2, 0.25) is 98.2 Å². The Kier molecular flexibility index (Phi) is 13.4. The van der Waals surface area contributed by atoms with Gasteiger partial charge in [-0.15, -0.1) is 0 Å². The van der Waals surface area contributed by atoms with Crippen LogP contribution in [0, 0.1) is 0 Å². The van der Waals surface area contributed by atoms with Crippen molar-refractivity contribution in [3.63, 3.8) is 0 Å². The molecular formula is C22H55NO6Si5. The van der Waals surface area contributed by atoms with Crippen LogP contribution in [0.15, 0.2) is 5.16 Å². The van der Waals surface area contributed by atoms with E-state index in [2.05, 4.69) is 103 Å². The molecule has 0 rings (SSSR count). The Morgan fingerprint density at radius 2 is 0.971 bits per heavy atom. The van der Waals surface area contributed by atoms with Crippen molar-refractivity contribution < 1.29 is 27.0 Å². The number of nitrogens with zero attached hydrogens (tertiary/aromatic N) is 1. The zero-order valence-electron chi connectivity index (χ0n) is 25.0. The molecule has 7 nitrogen and oxygen atoms in total. The van der Waals surface area contributed by atoms with Gasteiger partial charge in [-0.2, -0.15) is 0 Å². The lowest BCUT2D eigenvalue weighted by Gasteiger charge is -2.45. The second kappa shape index (κ2) is 13.2. The molecule has 0 aliphatic heterocycles. The van der Waals surface area contributed by atoms with Gasteiger partial charge >= 0.3 is 0 Å². The fraction of sp³-hybridized carbons (Fsp3) is 0.955. The second-order valence-corrected chi connectivity index (χ2v) is 36.1. The summed E-state index contributed by atoms with van der Waals surface area (Å²) in [6, 6.07) is 0. The van der Waals surface area contributed by atoms with E-state index in [1.54, 1.807) is 13.3 Å². The van der Waals surface area contributed by atoms with E-state index in [1.807, 2.05) is 0 Å². The van der Waals surface area contributed by atoms with Gasteiger partial charge in [-0.05, 0) is 98.2 Å². The predicted molar refractivity (Wildman–Crippen MR) is 158 cm³/mol. The highest BCUT2D eigenvalue weighted by atomic mass is 28.4. The van der Waals surface area contributed by atoms with Gasteiger partial charge in [0.25, 0.3) is 0 Å². The van der Waals surface area contributed by atoms with Crippen molar-refractivity contribution in [2.24, 2.45) is 5.16 Å². The fourth-order valence-electron chi connectivity index (χ4n) is 3.19. The zero-order chi connectivity index (χ0) is 27.2. The first-order valence-corrected chi connectivity index (χ1v) is 29.4. The lowest BCUT2D eigenvalue weighted by Crippen LogP contribution is -2.60. The molecule has 0 aliphatic rings. The lowest BCUT2D eigenvalue weighted by molar-refractivity contribution is -0.0733. The van der Waals surface area contributed by atoms with Gasteiger partial charge in [0.15, 0.2) is 41.6 Å². The van der Waals surface area contributed by atoms with E-state index in [4.69, 9.17) is 27.0 Å². The molecule has 0 aromatic rings. The van der Waals surface area contributed by atoms with Gasteiger partial charge in [0.2, 0.25) is 0 Å². The Balaban J connectivity index is 6.73. The number of hydrogen-bond donors (Lipinski definition) is 0. The highest BCUT2D eigenvalue weighted by Crippen LogP contribution is 2.28. The van der Waals surface area contributed by atoms with E-state index in [-0.39, 0.29) is 12.2 Å². The summed E-state index contributed by atoms with van der Waals surface area (Å²) in [5, 5.41) is 4.11. The summed E-state index contributed by atoms with van der Waals surface area (Å²) in [6.07, 6.45) is 0.297. The molecule has 0 spiro atoms. The molecule has 0 saturated heterocycles. The quantitative estimate of drug-likeness (QED) is 0.123. The summed E-state index contributed by atoms with van der Waals surface area (Å²) < 4.78 is 33.6. The molecule has 4 atom stereocenters. The van der Waals surface area contributed by atoms with E-state index in [0.29, 0.717) is 6.61 Å². The molecule has 0 heterocycles. The minimum atomic E-state index is -2.01. The summed E-state index contributed by atoms with van der Waals surface area (Å²) in [6.45, 7) is 33.4. The molecule has 0 aromatic carbocycles. The summed E-state index contributed by atoms with van der Waals surface area (Å²) in [7, 11) is -8.13. The zero-order valence-corrected chi connectivity index (χ0v) is 30.0. The molecule has 0 aromatic heterocycles. The first-order valence-electron chi connectivity index (χ1n) is 12.3. The normalized spacial score (nSPS) is 18.1. The van der Waals surface area contributed by atoms with Crippen molar-refractivity contribution in [3.05, 3.63) is 0 Å². The van der Waals surface area contributed by atoms with Gasteiger partial charge < -0.3 is 27.0 Å². The van der Waals surface area contributed by atoms with E-state index in [1.165, 1.54) is 0 Å². The van der Waals surface area contributed by atoms with Gasteiger partial charge in [0.1, 0.15) is 19.3 Å². The molecule has 0 N–H and O–H groups in total. The first kappa shape index (κ1) is 34.4. The highest BCUT2D eigenvalue weighted by Gasteiger charge is 2.44. The van der Waals surface area contributed by atoms with Crippen molar-refractivity contribution in [1.29, 1.82) is 0 Å². The minimum Gasteiger partial charge on any atom is -0.415 e. The predicted octanol–water partition coefficient (Wildman–Crippen LogP) is 6.35. The second-order valence-electron chi connectivity index (χ2n) is 13.7. The van der Waals surface area contributed by atoms with Gasteiger partial charge in [-0.25, -0.2) is 0 Å². The Morgan fingerprint density at radius 1 is 0.559 bits per heavy atom. The third-order valence-corrected chi connectivity index (χ3v) is 8.96. The van der Waals surface area contributed by atoms with Crippen LogP contribution in [0.5, 0.6) is 0 Å². The Morgan fingerprint density at radius 3 is 1.32 bits per heavy atom. The molecule has 0 fully saturated rings. The third-order valence-electron chi connectivity index (χ3n) is 3.98. The summed E-state index contributed by atoms with van der Waals surface area (Å²) >= 11 is 0. The molecule has 34 heavy (non-hydrogen) atoms. The van der Waals surface area contributed by atoms with Crippen LogP contribution in [-0.4, -0.2) is 85.9 Å². The van der Waals surface area contributed by atoms with Crippen molar-refractivity contribution in [2.75, 3.05) is 13.7 Å². The first-order chi connectivity index (χ1) is 14.9. The number of oxime groups is 1. The van der Waals surface area contributed by atoms with Crippen LogP contribution in [0.25, 0.3) is 0 Å². The minimum absolute atomic E-state index is 0.268. The monoisotopic (exact) mass is 569 g/mol. The van der Waals surface area contributed by atoms with Gasteiger partial charge in [0.05, 0.1) is 25.0 Å². The van der Waals surface area contributed by atoms with Crippen molar-refractivity contribution in [1.82, 2.24) is 0 Å². The summed E-state index contributed by atoms with van der Waals surface area (Å²) in [5.74, 6) is 0. The van der Waals surface area contributed by atoms with Crippen LogP contribution in [-0.2, 0) is 27.0 Å². The maximum Gasteiger partial charge on any atom is 0.184 e. The Bertz CT molecular complexity index is 618. The number of hydrogen-bond acceptors (Lipinski definition) is 7. The maximum absolute atomic E-state index is 6.90. The topological polar surface area (TPSA) is 67.7 Å². The van der Waals surface area contributed by atoms with Crippen molar-refractivity contribution >= 4 is 47.8 Å². The standard InChI is InChI=1S/C22H55NO6Si5/c1-24-23-17-19(26-31(5,6)7)21(28-33(11,12)13)22(29-34(14,15)16)20(27-32(8,9)10)18-25-30(2,3)4/h17,19-22H,18H2,1-16H3/b23-17-. The summed E-state index contributed by atoms with van der Waals surface area (Å²) in [5.41, 5.74) is 0. The van der Waals surface area contributed by atoms with E-state index >= 15 is 0 Å². The molecule has 0 amide bonds. The smallest absolute Gasteiger partial charge is 0.184 e. The largest absolute Gasteiger partial charge is 0.415 e. The van der Waals surface area contributed by atoms with Gasteiger partial charge in [0, 0.05) is 0 Å². The summed E-state index contributed by atoms with van der Waals surface area (Å²) in [4.78, 5) is 5.07. The molecular weight excluding hydrogens is 515 g/mol. The van der Waals surface area contributed by atoms with Crippen LogP contribution in [0.4, 0.5) is 0 Å². The highest BCUT2D eigenvalue weighted by molar-refractivity contribution is 6.71. The molecule has 0 aliphatic carbocycles. The molecule has 204 valence electrons. The average Bonchev–Trinajstić information content (AvgIpc) is 2.54. The Labute approximate surface area is 215 Å². The van der Waals surface area contributed by atoms with Gasteiger partial charge in [-0.1, -0.05) is 5.16 Å². The van der Waals surface area contributed by atoms with Gasteiger partial charge in [-0.3, -0.25) is 0 Å². The fourth-order valence-corrected chi connectivity index (χ4v) is 8.16. The molecule has 4 unspecified atom stereocenters. The van der Waals surface area contributed by atoms with Crippen molar-refractivity contribution in [2.45, 2.75) is 123 Å². The molecule has 0 bridgehead atoms. The van der Waals surface area contributed by atoms with E-state index in [9.17, 15) is 0 Å². The van der Waals surface area contributed by atoms with E-state index < -0.39 is 53.8 Å². The van der Waals surface area contributed by atoms with Crippen molar-refractivity contribution in [3.8, 4) is 0 Å². The lowest BCUT2D eigenvalue weighted by atomic mass is 10.0. The van der Waals surface area contributed by atoms with Crippen LogP contribution in [0.1, 0.15) is 0 Å². The third kappa shape index (κ3) is 17.7. The molecule has 0 saturated carbocycles. The van der Waals surface area contributed by atoms with E-state index in [0.717, 1.165) is 0 Å². The maximum atomic E-state index is 6.90.